The first-order valence-electron chi connectivity index (χ1n) is 4.17. The van der Waals surface area contributed by atoms with Crippen LogP contribution in [0.5, 0.6) is 0 Å². The number of esters is 1. The Labute approximate surface area is 83.3 Å². The highest BCUT2D eigenvalue weighted by Crippen LogP contribution is 2.44. The Bertz CT molecular complexity index is 271. The monoisotopic (exact) mass is 222 g/mol. The maximum absolute atomic E-state index is 11.3. The van der Waals surface area contributed by atoms with E-state index < -0.39 is 13.6 Å². The summed E-state index contributed by atoms with van der Waals surface area (Å²) in [5.41, 5.74) is 0.0643. The van der Waals surface area contributed by atoms with Gasteiger partial charge >= 0.3 is 13.6 Å². The Morgan fingerprint density at radius 1 is 1.57 bits per heavy atom. The Balaban J connectivity index is 4.45. The van der Waals surface area contributed by atoms with Crippen LogP contribution in [-0.4, -0.2) is 24.6 Å². The fourth-order valence-corrected chi connectivity index (χ4v) is 1.83. The van der Waals surface area contributed by atoms with Crippen molar-refractivity contribution in [1.82, 2.24) is 0 Å². The maximum atomic E-state index is 11.3. The summed E-state index contributed by atoms with van der Waals surface area (Å²) in [6.07, 6.45) is 0.635. The van der Waals surface area contributed by atoms with Crippen molar-refractivity contribution in [2.24, 2.45) is 0 Å². The van der Waals surface area contributed by atoms with Crippen molar-refractivity contribution in [1.29, 1.82) is 0 Å². The minimum atomic E-state index is -3.80. The van der Waals surface area contributed by atoms with Crippen LogP contribution in [0.1, 0.15) is 20.3 Å². The van der Waals surface area contributed by atoms with Crippen molar-refractivity contribution in [2.75, 3.05) is 13.7 Å². The van der Waals surface area contributed by atoms with Crippen molar-refractivity contribution < 1.29 is 23.5 Å². The normalized spacial score (nSPS) is 16.1. The molecule has 1 N–H and O–H groups in total. The summed E-state index contributed by atoms with van der Waals surface area (Å²) in [5.74, 6) is 0.258. The molecule has 0 radical (unpaired) electrons. The van der Waals surface area contributed by atoms with E-state index in [2.05, 4.69) is 9.26 Å². The molecule has 14 heavy (non-hydrogen) atoms. The van der Waals surface area contributed by atoms with E-state index in [4.69, 9.17) is 0 Å². The summed E-state index contributed by atoms with van der Waals surface area (Å²) in [4.78, 5) is 20.1. The van der Waals surface area contributed by atoms with E-state index in [0.717, 1.165) is 5.82 Å². The quantitative estimate of drug-likeness (QED) is 0.435. The van der Waals surface area contributed by atoms with Crippen LogP contribution in [0.2, 0.25) is 0 Å². The average molecular weight is 222 g/mol. The van der Waals surface area contributed by atoms with E-state index in [0.29, 0.717) is 6.42 Å². The van der Waals surface area contributed by atoms with Crippen molar-refractivity contribution in [2.45, 2.75) is 20.3 Å². The SMILES string of the molecule is CCCOP(=O)(O)C=C(C)C(=O)OC. The minimum Gasteiger partial charge on any atom is -0.466 e. The molecule has 0 aliphatic rings. The van der Waals surface area contributed by atoms with Gasteiger partial charge in [0.05, 0.1) is 13.7 Å². The zero-order valence-corrected chi connectivity index (χ0v) is 9.41. The van der Waals surface area contributed by atoms with Crippen molar-refractivity contribution in [3.63, 3.8) is 0 Å². The highest BCUT2D eigenvalue weighted by Gasteiger charge is 2.17. The maximum Gasteiger partial charge on any atom is 0.352 e. The van der Waals surface area contributed by atoms with Crippen LogP contribution in [0.4, 0.5) is 0 Å². The summed E-state index contributed by atoms with van der Waals surface area (Å²) in [5, 5.41) is 0. The molecule has 1 unspecified atom stereocenters. The van der Waals surface area contributed by atoms with Crippen molar-refractivity contribution >= 4 is 13.6 Å². The summed E-state index contributed by atoms with van der Waals surface area (Å²) < 4.78 is 20.3. The Morgan fingerprint density at radius 2 is 2.14 bits per heavy atom. The number of carbonyl (C=O) groups excluding carboxylic acids is 1. The highest BCUT2D eigenvalue weighted by molar-refractivity contribution is 7.56. The Morgan fingerprint density at radius 3 is 2.57 bits per heavy atom. The fourth-order valence-electron chi connectivity index (χ4n) is 0.718. The molecule has 6 heteroatoms. The third kappa shape index (κ3) is 5.17. The highest BCUT2D eigenvalue weighted by atomic mass is 31.2. The van der Waals surface area contributed by atoms with Crippen LogP contribution >= 0.6 is 7.60 Å². The second-order valence-corrected chi connectivity index (χ2v) is 4.35. The molecule has 0 aliphatic heterocycles. The molecule has 0 aliphatic carbocycles. The number of methoxy groups -OCH3 is 1. The smallest absolute Gasteiger partial charge is 0.352 e. The van der Waals surface area contributed by atoms with Gasteiger partial charge in [-0.25, -0.2) is 4.79 Å². The van der Waals surface area contributed by atoms with Crippen LogP contribution in [0.3, 0.4) is 0 Å². The largest absolute Gasteiger partial charge is 0.466 e. The number of hydrogen-bond donors (Lipinski definition) is 1. The molecule has 0 fully saturated rings. The molecule has 0 rings (SSSR count). The van der Waals surface area contributed by atoms with Gasteiger partial charge in [0.1, 0.15) is 0 Å². The predicted molar refractivity (Wildman–Crippen MR) is 51.8 cm³/mol. The van der Waals surface area contributed by atoms with E-state index in [-0.39, 0.29) is 12.2 Å². The zero-order chi connectivity index (χ0) is 11.2. The molecular formula is C8H15O5P. The molecule has 5 nitrogen and oxygen atoms in total. The molecule has 1 atom stereocenters. The molecule has 0 aromatic rings. The molecule has 0 bridgehead atoms. The lowest BCUT2D eigenvalue weighted by atomic mass is 10.4. The summed E-state index contributed by atoms with van der Waals surface area (Å²) in [6.45, 7) is 3.39. The van der Waals surface area contributed by atoms with Gasteiger partial charge in [-0.15, -0.1) is 0 Å². The molecule has 0 saturated heterocycles. The van der Waals surface area contributed by atoms with Crippen molar-refractivity contribution in [3.8, 4) is 0 Å². The molecule has 0 aromatic carbocycles. The van der Waals surface area contributed by atoms with E-state index in [1.807, 2.05) is 6.92 Å². The van der Waals surface area contributed by atoms with Gasteiger partial charge in [-0.3, -0.25) is 4.57 Å². The lowest BCUT2D eigenvalue weighted by molar-refractivity contribution is -0.136. The van der Waals surface area contributed by atoms with Gasteiger partial charge in [0, 0.05) is 11.4 Å². The average Bonchev–Trinajstić information content (AvgIpc) is 2.12. The minimum absolute atomic E-state index is 0.0643. The van der Waals surface area contributed by atoms with E-state index >= 15 is 0 Å². The molecular weight excluding hydrogens is 207 g/mol. The number of ether oxygens (including phenoxy) is 1. The molecule has 0 heterocycles. The third-order valence-corrected chi connectivity index (χ3v) is 2.61. The van der Waals surface area contributed by atoms with Crippen molar-refractivity contribution in [3.05, 3.63) is 11.4 Å². The molecule has 82 valence electrons. The molecule has 0 aromatic heterocycles. The fraction of sp³-hybridized carbons (Fsp3) is 0.625. The van der Waals surface area contributed by atoms with Crippen LogP contribution < -0.4 is 0 Å². The van der Waals surface area contributed by atoms with Gasteiger partial charge in [0.15, 0.2) is 0 Å². The predicted octanol–water partition coefficient (Wildman–Crippen LogP) is 1.68. The number of hydrogen-bond acceptors (Lipinski definition) is 4. The third-order valence-electron chi connectivity index (χ3n) is 1.34. The Hall–Kier alpha value is -0.640. The van der Waals surface area contributed by atoms with E-state index in [9.17, 15) is 14.3 Å². The second kappa shape index (κ2) is 5.96. The van der Waals surface area contributed by atoms with E-state index in [1.165, 1.54) is 14.0 Å². The zero-order valence-electron chi connectivity index (χ0n) is 8.52. The van der Waals surface area contributed by atoms with Crippen LogP contribution in [0, 0.1) is 0 Å². The van der Waals surface area contributed by atoms with Crippen LogP contribution in [0.25, 0.3) is 0 Å². The van der Waals surface area contributed by atoms with Gasteiger partial charge in [0.2, 0.25) is 0 Å². The van der Waals surface area contributed by atoms with Gasteiger partial charge in [-0.1, -0.05) is 6.92 Å². The standard InChI is InChI=1S/C8H15O5P/c1-4-5-13-14(10,11)6-7(2)8(9)12-3/h6H,4-5H2,1-3H3,(H,10,11). The molecule has 0 saturated carbocycles. The lowest BCUT2D eigenvalue weighted by Gasteiger charge is -2.07. The first kappa shape index (κ1) is 13.4. The summed E-state index contributed by atoms with van der Waals surface area (Å²) in [7, 11) is -2.59. The number of carbonyl (C=O) groups is 1. The first-order valence-corrected chi connectivity index (χ1v) is 5.82. The summed E-state index contributed by atoms with van der Waals surface area (Å²) >= 11 is 0. The van der Waals surface area contributed by atoms with Gasteiger partial charge in [0.25, 0.3) is 0 Å². The van der Waals surface area contributed by atoms with Gasteiger partial charge < -0.3 is 14.2 Å². The number of rotatable bonds is 5. The molecule has 0 spiro atoms. The lowest BCUT2D eigenvalue weighted by Crippen LogP contribution is -2.02. The first-order chi connectivity index (χ1) is 6.43. The Kier molecular flexibility index (Phi) is 5.69. The topological polar surface area (TPSA) is 72.8 Å². The van der Waals surface area contributed by atoms with Gasteiger partial charge in [-0.2, -0.15) is 0 Å². The molecule has 0 amide bonds. The van der Waals surface area contributed by atoms with Crippen LogP contribution in [0.15, 0.2) is 11.4 Å². The second-order valence-electron chi connectivity index (χ2n) is 2.70. The van der Waals surface area contributed by atoms with Gasteiger partial charge in [-0.05, 0) is 13.3 Å². The summed E-state index contributed by atoms with van der Waals surface area (Å²) in [6, 6.07) is 0. The van der Waals surface area contributed by atoms with E-state index in [1.54, 1.807) is 0 Å². The van der Waals surface area contributed by atoms with Crippen LogP contribution in [-0.2, 0) is 18.6 Å².